The Balaban J connectivity index is 1.29. The normalized spacial score (nSPS) is 11.0. The number of anilines is 3. The molecule has 0 aliphatic carbocycles. The molecule has 5 aromatic rings. The van der Waals surface area contributed by atoms with Crippen LogP contribution in [0.1, 0.15) is 16.1 Å². The molecule has 208 valence electrons. The summed E-state index contributed by atoms with van der Waals surface area (Å²) in [7, 11) is 0. The fraction of sp³-hybridized carbons (Fsp3) is 0.0294. The first-order valence-electron chi connectivity index (χ1n) is 13.2. The lowest BCUT2D eigenvalue weighted by Crippen LogP contribution is -2.30. The maximum Gasteiger partial charge on any atom is 0.272 e. The molecule has 1 heterocycles. The highest BCUT2D eigenvalue weighted by atomic mass is 32.2. The van der Waals surface area contributed by atoms with Gasteiger partial charge in [-0.15, -0.1) is 11.8 Å². The Morgan fingerprint density at radius 1 is 0.738 bits per heavy atom. The molecule has 0 bridgehead atoms. The number of para-hydroxylation sites is 2. The molecule has 0 saturated heterocycles. The molecular weight excluding hydrogens is 546 g/mol. The van der Waals surface area contributed by atoms with Crippen molar-refractivity contribution in [1.29, 1.82) is 0 Å². The van der Waals surface area contributed by atoms with Gasteiger partial charge in [0.2, 0.25) is 5.91 Å². The van der Waals surface area contributed by atoms with Crippen LogP contribution in [0.4, 0.5) is 17.1 Å². The maximum absolute atomic E-state index is 13.4. The molecule has 2 N–H and O–H groups in total. The third kappa shape index (κ3) is 7.44. The standard InChI is InChI=1S/C34H27N3O4S/c38-32(37(27-15-6-2-7-16-27)28-17-8-3-9-18-28)24-42-30-20-10-14-26(22-30)35-34(40)31(23-29-19-11-21-41-29)36-33(39)25-12-4-1-5-13-25/h1-23H,24H2,(H,35,40)(H,36,39)/b31-23+. The van der Waals surface area contributed by atoms with Gasteiger partial charge >= 0.3 is 0 Å². The molecule has 1 aromatic heterocycles. The van der Waals surface area contributed by atoms with Crippen LogP contribution in [-0.2, 0) is 9.59 Å². The lowest BCUT2D eigenvalue weighted by molar-refractivity contribution is -0.115. The highest BCUT2D eigenvalue weighted by Gasteiger charge is 2.19. The van der Waals surface area contributed by atoms with Gasteiger partial charge in [0.15, 0.2) is 0 Å². The van der Waals surface area contributed by atoms with Gasteiger partial charge in [-0.25, -0.2) is 0 Å². The summed E-state index contributed by atoms with van der Waals surface area (Å²) in [5.74, 6) is -0.435. The van der Waals surface area contributed by atoms with Crippen molar-refractivity contribution in [2.24, 2.45) is 0 Å². The van der Waals surface area contributed by atoms with Gasteiger partial charge in [-0.2, -0.15) is 0 Å². The zero-order valence-corrected chi connectivity index (χ0v) is 23.3. The first-order chi connectivity index (χ1) is 20.6. The van der Waals surface area contributed by atoms with E-state index in [0.717, 1.165) is 16.3 Å². The summed E-state index contributed by atoms with van der Waals surface area (Å²) in [6.45, 7) is 0. The fourth-order valence-corrected chi connectivity index (χ4v) is 4.93. The predicted octanol–water partition coefficient (Wildman–Crippen LogP) is 7.15. The predicted molar refractivity (Wildman–Crippen MR) is 166 cm³/mol. The van der Waals surface area contributed by atoms with Gasteiger partial charge < -0.3 is 15.1 Å². The van der Waals surface area contributed by atoms with E-state index in [0.29, 0.717) is 17.0 Å². The minimum Gasteiger partial charge on any atom is -0.465 e. The van der Waals surface area contributed by atoms with Crippen LogP contribution >= 0.6 is 11.8 Å². The van der Waals surface area contributed by atoms with E-state index in [-0.39, 0.29) is 17.4 Å². The number of thioether (sulfide) groups is 1. The molecule has 0 aliphatic rings. The van der Waals surface area contributed by atoms with Crippen LogP contribution in [0.5, 0.6) is 0 Å². The first-order valence-corrected chi connectivity index (χ1v) is 14.1. The van der Waals surface area contributed by atoms with E-state index in [2.05, 4.69) is 10.6 Å². The summed E-state index contributed by atoms with van der Waals surface area (Å²) < 4.78 is 5.36. The fourth-order valence-electron chi connectivity index (χ4n) is 4.12. The molecule has 8 heteroatoms. The molecule has 0 spiro atoms. The second kappa shape index (κ2) is 13.8. The molecular formula is C34H27N3O4S. The van der Waals surface area contributed by atoms with E-state index >= 15 is 0 Å². The number of hydrogen-bond acceptors (Lipinski definition) is 5. The molecule has 5 rings (SSSR count). The molecule has 0 radical (unpaired) electrons. The topological polar surface area (TPSA) is 91.7 Å². The summed E-state index contributed by atoms with van der Waals surface area (Å²) in [6.07, 6.45) is 2.95. The van der Waals surface area contributed by atoms with Crippen molar-refractivity contribution in [3.8, 4) is 0 Å². The minimum absolute atomic E-state index is 0.0217. The van der Waals surface area contributed by atoms with Gasteiger partial charge in [0.25, 0.3) is 11.8 Å². The maximum atomic E-state index is 13.4. The van der Waals surface area contributed by atoms with Gasteiger partial charge in [-0.05, 0) is 66.7 Å². The van der Waals surface area contributed by atoms with E-state index in [1.807, 2.05) is 72.8 Å². The van der Waals surface area contributed by atoms with Crippen molar-refractivity contribution in [2.75, 3.05) is 16.0 Å². The van der Waals surface area contributed by atoms with Crippen molar-refractivity contribution in [1.82, 2.24) is 5.32 Å². The first kappa shape index (κ1) is 28.2. The largest absolute Gasteiger partial charge is 0.465 e. The molecule has 4 aromatic carbocycles. The zero-order valence-electron chi connectivity index (χ0n) is 22.5. The number of furan rings is 1. The van der Waals surface area contributed by atoms with Gasteiger partial charge in [-0.3, -0.25) is 19.3 Å². The van der Waals surface area contributed by atoms with E-state index in [1.54, 1.807) is 59.5 Å². The van der Waals surface area contributed by atoms with Crippen molar-refractivity contribution in [3.05, 3.63) is 151 Å². The average Bonchev–Trinajstić information content (AvgIpc) is 3.55. The lowest BCUT2D eigenvalue weighted by atomic mass is 10.2. The molecule has 0 atom stereocenters. The average molecular weight is 574 g/mol. The highest BCUT2D eigenvalue weighted by Crippen LogP contribution is 2.28. The Hall–Kier alpha value is -5.34. The van der Waals surface area contributed by atoms with E-state index in [9.17, 15) is 14.4 Å². The Morgan fingerprint density at radius 3 is 2.00 bits per heavy atom. The summed E-state index contributed by atoms with van der Waals surface area (Å²) in [6, 6.07) is 38.2. The number of nitrogens with one attached hydrogen (secondary N) is 2. The van der Waals surface area contributed by atoms with E-state index in [1.165, 1.54) is 24.1 Å². The summed E-state index contributed by atoms with van der Waals surface area (Å²) in [4.78, 5) is 42.0. The van der Waals surface area contributed by atoms with Gasteiger partial charge in [0, 0.05) is 33.6 Å². The van der Waals surface area contributed by atoms with E-state index in [4.69, 9.17) is 4.42 Å². The van der Waals surface area contributed by atoms with Gasteiger partial charge in [-0.1, -0.05) is 60.7 Å². The third-order valence-corrected chi connectivity index (χ3v) is 7.07. The van der Waals surface area contributed by atoms with E-state index < -0.39 is 11.8 Å². The second-order valence-electron chi connectivity index (χ2n) is 9.06. The molecule has 7 nitrogen and oxygen atoms in total. The van der Waals surface area contributed by atoms with Crippen LogP contribution in [0.2, 0.25) is 0 Å². The molecule has 0 fully saturated rings. The van der Waals surface area contributed by atoms with Crippen molar-refractivity contribution in [3.63, 3.8) is 0 Å². The molecule has 0 aliphatic heterocycles. The van der Waals surface area contributed by atoms with Crippen LogP contribution in [-0.4, -0.2) is 23.5 Å². The van der Waals surface area contributed by atoms with Crippen molar-refractivity contribution < 1.29 is 18.8 Å². The smallest absolute Gasteiger partial charge is 0.272 e. The third-order valence-electron chi connectivity index (χ3n) is 6.09. The molecule has 42 heavy (non-hydrogen) atoms. The Kier molecular flexibility index (Phi) is 9.28. The minimum atomic E-state index is -0.520. The lowest BCUT2D eigenvalue weighted by Gasteiger charge is -2.23. The number of carbonyl (C=O) groups is 3. The number of amides is 3. The quantitative estimate of drug-likeness (QED) is 0.137. The molecule has 0 unspecified atom stereocenters. The van der Waals surface area contributed by atoms with Crippen molar-refractivity contribution in [2.45, 2.75) is 4.90 Å². The van der Waals surface area contributed by atoms with Crippen LogP contribution in [0.15, 0.2) is 149 Å². The molecule has 0 saturated carbocycles. The van der Waals surface area contributed by atoms with Crippen LogP contribution in [0, 0.1) is 0 Å². The summed E-state index contributed by atoms with van der Waals surface area (Å²) in [5, 5.41) is 5.53. The van der Waals surface area contributed by atoms with Crippen LogP contribution < -0.4 is 15.5 Å². The van der Waals surface area contributed by atoms with Crippen LogP contribution in [0.3, 0.4) is 0 Å². The number of rotatable bonds is 10. The van der Waals surface area contributed by atoms with Crippen LogP contribution in [0.25, 0.3) is 6.08 Å². The zero-order chi connectivity index (χ0) is 29.1. The Bertz CT molecular complexity index is 1630. The van der Waals surface area contributed by atoms with Gasteiger partial charge in [0.05, 0.1) is 12.0 Å². The summed E-state index contributed by atoms with van der Waals surface area (Å²) >= 11 is 1.37. The Morgan fingerprint density at radius 2 is 1.38 bits per heavy atom. The number of nitrogens with zero attached hydrogens (tertiary/aromatic N) is 1. The molecule has 3 amide bonds. The monoisotopic (exact) mass is 573 g/mol. The SMILES string of the molecule is O=C(Nc1cccc(SCC(=O)N(c2ccccc2)c2ccccc2)c1)/C(=C\c1ccco1)NC(=O)c1ccccc1. The Labute approximate surface area is 247 Å². The van der Waals surface area contributed by atoms with Crippen molar-refractivity contribution >= 4 is 52.6 Å². The second-order valence-corrected chi connectivity index (χ2v) is 10.1. The number of benzene rings is 4. The number of hydrogen-bond donors (Lipinski definition) is 2. The van der Waals surface area contributed by atoms with Gasteiger partial charge in [0.1, 0.15) is 11.5 Å². The number of carbonyl (C=O) groups excluding carboxylic acids is 3. The highest BCUT2D eigenvalue weighted by molar-refractivity contribution is 8.00. The summed E-state index contributed by atoms with van der Waals surface area (Å²) in [5.41, 5.74) is 2.51.